The topological polar surface area (TPSA) is 71.1 Å². The number of aromatic nitrogens is 3. The Morgan fingerprint density at radius 1 is 1.50 bits per heavy atom. The third-order valence-electron chi connectivity index (χ3n) is 2.57. The van der Waals surface area contributed by atoms with E-state index in [4.69, 9.17) is 4.74 Å². The fourth-order valence-corrected chi connectivity index (χ4v) is 1.64. The smallest absolute Gasteiger partial charge is 0.293 e. The van der Waals surface area contributed by atoms with Crippen molar-refractivity contribution in [3.8, 4) is 0 Å². The number of carbonyl (C=O) groups is 1. The number of hydrogen-bond acceptors (Lipinski definition) is 4. The van der Waals surface area contributed by atoms with Crippen molar-refractivity contribution in [2.24, 2.45) is 0 Å². The summed E-state index contributed by atoms with van der Waals surface area (Å²) in [6, 6.07) is 0. The Kier molecular flexibility index (Phi) is 3.51. The van der Waals surface area contributed by atoms with Gasteiger partial charge in [0.05, 0.1) is 6.61 Å². The number of nitrogens with zero attached hydrogens (tertiary/aromatic N) is 3. The van der Waals surface area contributed by atoms with E-state index in [2.05, 4.69) is 15.2 Å². The van der Waals surface area contributed by atoms with Gasteiger partial charge in [-0.05, 0) is 6.42 Å². The summed E-state index contributed by atoms with van der Waals surface area (Å²) in [7, 11) is 0. The fraction of sp³-hybridized carbons (Fsp3) is 0.700. The van der Waals surface area contributed by atoms with E-state index in [1.165, 1.54) is 0 Å². The van der Waals surface area contributed by atoms with Gasteiger partial charge in [-0.1, -0.05) is 6.92 Å². The van der Waals surface area contributed by atoms with Crippen LogP contribution in [0.2, 0.25) is 0 Å². The first-order chi connectivity index (χ1) is 7.81. The molecule has 6 nitrogen and oxygen atoms in total. The van der Waals surface area contributed by atoms with Gasteiger partial charge in [-0.15, -0.1) is 5.10 Å². The number of carbonyl (C=O) groups excluding carboxylic acids is 1. The molecule has 0 unspecified atom stereocenters. The molecule has 1 aromatic rings. The summed E-state index contributed by atoms with van der Waals surface area (Å²) in [5, 5.41) is 6.68. The molecule has 0 aliphatic carbocycles. The zero-order valence-electron chi connectivity index (χ0n) is 9.40. The highest BCUT2D eigenvalue weighted by molar-refractivity contribution is 5.90. The van der Waals surface area contributed by atoms with Crippen LogP contribution in [0.3, 0.4) is 0 Å². The summed E-state index contributed by atoms with van der Waals surface area (Å²) in [4.78, 5) is 17.9. The normalized spacial score (nSPS) is 17.2. The van der Waals surface area contributed by atoms with Crippen molar-refractivity contribution in [2.45, 2.75) is 19.8 Å². The Hall–Kier alpha value is -1.43. The second-order valence-corrected chi connectivity index (χ2v) is 3.72. The first kappa shape index (κ1) is 11.1. The van der Waals surface area contributed by atoms with Crippen molar-refractivity contribution in [2.75, 3.05) is 26.3 Å². The maximum Gasteiger partial charge on any atom is 0.293 e. The lowest BCUT2D eigenvalue weighted by atomic mass is 10.3. The van der Waals surface area contributed by atoms with Crippen molar-refractivity contribution in [1.29, 1.82) is 0 Å². The van der Waals surface area contributed by atoms with Gasteiger partial charge in [0.1, 0.15) is 5.82 Å². The standard InChI is InChI=1S/C10H16N4O2/c1-2-8-11-9(13-12-8)10(15)14-4-3-6-16-7-5-14/h2-7H2,1H3,(H,11,12,13). The Balaban J connectivity index is 2.05. The lowest BCUT2D eigenvalue weighted by Gasteiger charge is -2.17. The van der Waals surface area contributed by atoms with E-state index in [-0.39, 0.29) is 11.7 Å². The predicted molar refractivity (Wildman–Crippen MR) is 57.1 cm³/mol. The highest BCUT2D eigenvalue weighted by atomic mass is 16.5. The number of rotatable bonds is 2. The van der Waals surface area contributed by atoms with E-state index in [0.29, 0.717) is 13.2 Å². The molecule has 0 atom stereocenters. The second kappa shape index (κ2) is 5.07. The predicted octanol–water partition coefficient (Wildman–Crippen LogP) is 0.230. The summed E-state index contributed by atoms with van der Waals surface area (Å²) in [6.07, 6.45) is 1.63. The van der Waals surface area contributed by atoms with Gasteiger partial charge in [0.2, 0.25) is 5.82 Å². The van der Waals surface area contributed by atoms with Crippen molar-refractivity contribution < 1.29 is 9.53 Å². The summed E-state index contributed by atoms with van der Waals surface area (Å²) in [5.74, 6) is 0.898. The van der Waals surface area contributed by atoms with E-state index in [1.807, 2.05) is 6.92 Å². The SMILES string of the molecule is CCc1nc(C(=O)N2CCCOCC2)n[nH]1. The molecule has 2 heterocycles. The third-order valence-corrected chi connectivity index (χ3v) is 2.57. The number of H-pyrrole nitrogens is 1. The van der Waals surface area contributed by atoms with Gasteiger partial charge in [0.15, 0.2) is 0 Å². The van der Waals surface area contributed by atoms with Crippen LogP contribution in [0.15, 0.2) is 0 Å². The minimum atomic E-state index is -0.110. The maximum atomic E-state index is 12.0. The number of ether oxygens (including phenoxy) is 1. The average molecular weight is 224 g/mol. The quantitative estimate of drug-likeness (QED) is 0.780. The van der Waals surface area contributed by atoms with Crippen LogP contribution in [0.1, 0.15) is 29.8 Å². The number of aromatic amines is 1. The maximum absolute atomic E-state index is 12.0. The molecule has 6 heteroatoms. The molecule has 0 spiro atoms. The molecular weight excluding hydrogens is 208 g/mol. The van der Waals surface area contributed by atoms with Crippen LogP contribution in [0.25, 0.3) is 0 Å². The Bertz CT molecular complexity index is 355. The largest absolute Gasteiger partial charge is 0.380 e. The van der Waals surface area contributed by atoms with E-state index >= 15 is 0 Å². The van der Waals surface area contributed by atoms with Gasteiger partial charge in [0, 0.05) is 26.1 Å². The average Bonchev–Trinajstić information content (AvgIpc) is 2.62. The van der Waals surface area contributed by atoms with Crippen molar-refractivity contribution >= 4 is 5.91 Å². The molecule has 2 rings (SSSR count). The molecule has 1 saturated heterocycles. The van der Waals surface area contributed by atoms with E-state index in [9.17, 15) is 4.79 Å². The molecule has 0 aromatic carbocycles. The van der Waals surface area contributed by atoms with E-state index in [1.54, 1.807) is 4.90 Å². The van der Waals surface area contributed by atoms with Crippen LogP contribution in [0, 0.1) is 0 Å². The Labute approximate surface area is 94.0 Å². The van der Waals surface area contributed by atoms with Gasteiger partial charge in [0.25, 0.3) is 5.91 Å². The van der Waals surface area contributed by atoms with Gasteiger partial charge in [-0.2, -0.15) is 0 Å². The van der Waals surface area contributed by atoms with Crippen LogP contribution in [-0.2, 0) is 11.2 Å². The monoisotopic (exact) mass is 224 g/mol. The molecule has 0 bridgehead atoms. The number of hydrogen-bond donors (Lipinski definition) is 1. The molecule has 1 aliphatic rings. The lowest BCUT2D eigenvalue weighted by molar-refractivity contribution is 0.0729. The zero-order valence-corrected chi connectivity index (χ0v) is 9.40. The highest BCUT2D eigenvalue weighted by Gasteiger charge is 2.20. The van der Waals surface area contributed by atoms with Crippen molar-refractivity contribution in [3.05, 3.63) is 11.6 Å². The minimum Gasteiger partial charge on any atom is -0.380 e. The summed E-state index contributed by atoms with van der Waals surface area (Å²) in [6.45, 7) is 4.62. The van der Waals surface area contributed by atoms with Crippen molar-refractivity contribution in [1.82, 2.24) is 20.1 Å². The molecule has 16 heavy (non-hydrogen) atoms. The van der Waals surface area contributed by atoms with Crippen LogP contribution in [-0.4, -0.2) is 52.3 Å². The molecular formula is C10H16N4O2. The van der Waals surface area contributed by atoms with Crippen LogP contribution >= 0.6 is 0 Å². The number of amides is 1. The first-order valence-electron chi connectivity index (χ1n) is 5.59. The Morgan fingerprint density at radius 2 is 2.38 bits per heavy atom. The zero-order chi connectivity index (χ0) is 11.4. The molecule has 1 amide bonds. The van der Waals surface area contributed by atoms with E-state index < -0.39 is 0 Å². The fourth-order valence-electron chi connectivity index (χ4n) is 1.64. The molecule has 1 aliphatic heterocycles. The Morgan fingerprint density at radius 3 is 3.12 bits per heavy atom. The van der Waals surface area contributed by atoms with Crippen molar-refractivity contribution in [3.63, 3.8) is 0 Å². The van der Waals surface area contributed by atoms with Gasteiger partial charge < -0.3 is 9.64 Å². The second-order valence-electron chi connectivity index (χ2n) is 3.72. The first-order valence-corrected chi connectivity index (χ1v) is 5.59. The molecule has 1 N–H and O–H groups in total. The van der Waals surface area contributed by atoms with Gasteiger partial charge in [-0.3, -0.25) is 9.89 Å². The van der Waals surface area contributed by atoms with E-state index in [0.717, 1.165) is 31.8 Å². The summed E-state index contributed by atoms with van der Waals surface area (Å²) < 4.78 is 5.29. The third kappa shape index (κ3) is 2.38. The summed E-state index contributed by atoms with van der Waals surface area (Å²) >= 11 is 0. The molecule has 0 saturated carbocycles. The molecule has 1 fully saturated rings. The highest BCUT2D eigenvalue weighted by Crippen LogP contribution is 2.04. The molecule has 0 radical (unpaired) electrons. The molecule has 1 aromatic heterocycles. The van der Waals surface area contributed by atoms with Crippen LogP contribution in [0.5, 0.6) is 0 Å². The van der Waals surface area contributed by atoms with Crippen LogP contribution in [0.4, 0.5) is 0 Å². The minimum absolute atomic E-state index is 0.110. The summed E-state index contributed by atoms with van der Waals surface area (Å²) in [5.41, 5.74) is 0. The number of nitrogens with one attached hydrogen (secondary N) is 1. The lowest BCUT2D eigenvalue weighted by Crippen LogP contribution is -2.33. The van der Waals surface area contributed by atoms with Gasteiger partial charge >= 0.3 is 0 Å². The molecule has 88 valence electrons. The number of aryl methyl sites for hydroxylation is 1. The van der Waals surface area contributed by atoms with Crippen LogP contribution < -0.4 is 0 Å². The van der Waals surface area contributed by atoms with Gasteiger partial charge in [-0.25, -0.2) is 4.98 Å².